The van der Waals surface area contributed by atoms with Gasteiger partial charge in [0.1, 0.15) is 0 Å². The van der Waals surface area contributed by atoms with Gasteiger partial charge < -0.3 is 31.3 Å². The molecule has 18 heteroatoms. The van der Waals surface area contributed by atoms with Crippen molar-refractivity contribution in [2.75, 3.05) is 41.5 Å². The molecular formula is C42H54N8O6S4. The van der Waals surface area contributed by atoms with Crippen molar-refractivity contribution in [3.8, 4) is 5.69 Å². The summed E-state index contributed by atoms with van der Waals surface area (Å²) >= 11 is 5.86. The van der Waals surface area contributed by atoms with Crippen LogP contribution >= 0.6 is 46.6 Å². The smallest absolute Gasteiger partial charge is 0.315 e. The first-order valence-electron chi connectivity index (χ1n) is 20.1. The molecule has 2 unspecified atom stereocenters. The molecule has 4 aromatic rings. The van der Waals surface area contributed by atoms with Crippen LogP contribution in [0.5, 0.6) is 0 Å². The summed E-state index contributed by atoms with van der Waals surface area (Å²) in [6, 6.07) is 13.4. The predicted octanol–water partition coefficient (Wildman–Crippen LogP) is 6.06. The standard InChI is InChI=1S/C42H54N8O6S4/c1-25-9-14-29-32(20-25)60-39(47-29)49-34(52)23-59-40-48-30-15-19-58-35(30)36(53)50(40)28-12-10-27(11-13-28)21-44-37(54)41(3,4)24-56-42(5,6)16-17-43-33(51)8-7-18-57-22-31-26(2)45-38(55)46-31/h9-14,20,26,31H,7-8,15-19,21-24H2,1-6H3,(H,43,51)(H,44,54)(H2,45,46,55)(H,47,49,52). The number of amides is 5. The Morgan fingerprint density at radius 3 is 2.55 bits per heavy atom. The minimum Gasteiger partial charge on any atom is -0.374 e. The summed E-state index contributed by atoms with van der Waals surface area (Å²) in [5.41, 5.74) is 2.63. The van der Waals surface area contributed by atoms with Gasteiger partial charge in [-0.2, -0.15) is 11.8 Å². The molecule has 2 atom stereocenters. The molecule has 0 spiro atoms. The monoisotopic (exact) mass is 894 g/mol. The van der Waals surface area contributed by atoms with Crippen LogP contribution in [-0.2, 0) is 32.1 Å². The molecule has 5 amide bonds. The van der Waals surface area contributed by atoms with E-state index in [4.69, 9.17) is 9.72 Å². The highest BCUT2D eigenvalue weighted by Crippen LogP contribution is 2.31. The Bertz CT molecular complexity index is 2260. The second kappa shape index (κ2) is 20.2. The second-order valence-electron chi connectivity index (χ2n) is 16.3. The highest BCUT2D eigenvalue weighted by atomic mass is 32.2. The Labute approximate surface area is 367 Å². The van der Waals surface area contributed by atoms with Crippen LogP contribution < -0.4 is 32.1 Å². The lowest BCUT2D eigenvalue weighted by molar-refractivity contribution is -0.137. The number of fused-ring (bicyclic) bond motifs is 2. The zero-order valence-electron chi connectivity index (χ0n) is 34.9. The maximum Gasteiger partial charge on any atom is 0.315 e. The number of carbonyl (C=O) groups excluding carboxylic acids is 4. The van der Waals surface area contributed by atoms with Crippen molar-refractivity contribution in [2.24, 2.45) is 5.41 Å². The minimum absolute atomic E-state index is 0.00537. The van der Waals surface area contributed by atoms with Gasteiger partial charge in [0.05, 0.1) is 55.9 Å². The average Bonchev–Trinajstić information content (AvgIpc) is 3.93. The summed E-state index contributed by atoms with van der Waals surface area (Å²) in [7, 11) is 0. The molecule has 2 aliphatic rings. The molecule has 2 aromatic carbocycles. The van der Waals surface area contributed by atoms with E-state index in [1.54, 1.807) is 16.3 Å². The SMILES string of the molecule is Cc1ccc2nc(NC(=O)CSc3nc4c(c(=O)n3-c3ccc(CNC(=O)C(C)(C)COC(C)(C)CCNC(=O)CCCSCC5NC(=O)NC5C)cc3)SCC4)sc2c1. The largest absolute Gasteiger partial charge is 0.374 e. The van der Waals surface area contributed by atoms with Crippen molar-refractivity contribution in [1.29, 1.82) is 0 Å². The minimum atomic E-state index is -0.821. The molecule has 0 saturated carbocycles. The number of anilines is 1. The van der Waals surface area contributed by atoms with Gasteiger partial charge in [-0.3, -0.25) is 23.7 Å². The van der Waals surface area contributed by atoms with Gasteiger partial charge in [-0.1, -0.05) is 41.3 Å². The van der Waals surface area contributed by atoms with Crippen molar-refractivity contribution in [2.45, 2.75) is 102 Å². The molecule has 5 N–H and O–H groups in total. The number of thioether (sulfide) groups is 3. The zero-order valence-corrected chi connectivity index (χ0v) is 38.2. The number of benzene rings is 2. The van der Waals surface area contributed by atoms with Crippen LogP contribution in [0.15, 0.2) is 57.3 Å². The molecule has 2 aliphatic heterocycles. The normalized spacial score (nSPS) is 16.3. The fourth-order valence-electron chi connectivity index (χ4n) is 6.45. The maximum atomic E-state index is 13.8. The molecule has 1 fully saturated rings. The number of hydrogen-bond acceptors (Lipinski definition) is 12. The van der Waals surface area contributed by atoms with Crippen molar-refractivity contribution in [3.63, 3.8) is 0 Å². The first kappa shape index (κ1) is 45.4. The summed E-state index contributed by atoms with van der Waals surface area (Å²) < 4.78 is 8.77. The van der Waals surface area contributed by atoms with Gasteiger partial charge in [-0.05, 0) is 95.5 Å². The number of nitrogens with one attached hydrogen (secondary N) is 5. The third-order valence-corrected chi connectivity index (χ3v) is 14.3. The van der Waals surface area contributed by atoms with Crippen LogP contribution in [0.3, 0.4) is 0 Å². The Morgan fingerprint density at radius 2 is 1.80 bits per heavy atom. The highest BCUT2D eigenvalue weighted by molar-refractivity contribution is 8.00. The molecular weight excluding hydrogens is 841 g/mol. The van der Waals surface area contributed by atoms with Gasteiger partial charge in [0, 0.05) is 43.5 Å². The number of ether oxygens (including phenoxy) is 1. The molecule has 4 heterocycles. The predicted molar refractivity (Wildman–Crippen MR) is 243 cm³/mol. The number of rotatable bonds is 20. The maximum absolute atomic E-state index is 13.8. The van der Waals surface area contributed by atoms with Crippen LogP contribution in [0.2, 0.25) is 0 Å². The van der Waals surface area contributed by atoms with E-state index < -0.39 is 11.0 Å². The van der Waals surface area contributed by atoms with Crippen molar-refractivity contribution in [3.05, 3.63) is 69.6 Å². The van der Waals surface area contributed by atoms with Gasteiger partial charge in [0.2, 0.25) is 17.7 Å². The fraction of sp³-hybridized carbons (Fsp3) is 0.500. The third kappa shape index (κ3) is 12.3. The summed E-state index contributed by atoms with van der Waals surface area (Å²) in [4.78, 5) is 74.0. The van der Waals surface area contributed by atoms with Crippen molar-refractivity contribution < 1.29 is 23.9 Å². The van der Waals surface area contributed by atoms with Gasteiger partial charge in [-0.25, -0.2) is 14.8 Å². The molecule has 1 saturated heterocycles. The Hall–Kier alpha value is -4.10. The number of aryl methyl sites for hydroxylation is 2. The molecule has 0 bridgehead atoms. The van der Waals surface area contributed by atoms with Crippen molar-refractivity contribution in [1.82, 2.24) is 35.8 Å². The van der Waals surface area contributed by atoms with Gasteiger partial charge in [0.25, 0.3) is 5.56 Å². The highest BCUT2D eigenvalue weighted by Gasteiger charge is 2.32. The first-order chi connectivity index (χ1) is 28.6. The second-order valence-corrected chi connectivity index (χ2v) is 20.5. The van der Waals surface area contributed by atoms with Crippen LogP contribution in [0, 0.1) is 12.3 Å². The molecule has 0 radical (unpaired) electrons. The Balaban J connectivity index is 0.947. The number of thiazole rings is 1. The van der Waals surface area contributed by atoms with Crippen LogP contribution in [-0.4, -0.2) is 92.1 Å². The van der Waals surface area contributed by atoms with E-state index in [1.165, 1.54) is 34.9 Å². The van der Waals surface area contributed by atoms with E-state index in [-0.39, 0.29) is 60.3 Å². The third-order valence-electron chi connectivity index (χ3n) is 10.2. The summed E-state index contributed by atoms with van der Waals surface area (Å²) in [6.45, 7) is 12.5. The lowest BCUT2D eigenvalue weighted by Gasteiger charge is -2.31. The lowest BCUT2D eigenvalue weighted by Crippen LogP contribution is -2.42. The van der Waals surface area contributed by atoms with Gasteiger partial charge in [-0.15, -0.1) is 11.8 Å². The molecule has 60 heavy (non-hydrogen) atoms. The Kier molecular flexibility index (Phi) is 15.3. The summed E-state index contributed by atoms with van der Waals surface area (Å²) in [5, 5.41) is 15.6. The number of carbonyl (C=O) groups is 4. The number of aromatic nitrogens is 3. The van der Waals surface area contributed by atoms with Crippen LogP contribution in [0.4, 0.5) is 9.93 Å². The quantitative estimate of drug-likeness (QED) is 0.0395. The summed E-state index contributed by atoms with van der Waals surface area (Å²) in [5.74, 6) is 2.07. The molecule has 14 nitrogen and oxygen atoms in total. The van der Waals surface area contributed by atoms with E-state index >= 15 is 0 Å². The fourth-order valence-corrected chi connectivity index (χ4v) is 10.4. The number of hydrogen-bond donors (Lipinski definition) is 5. The lowest BCUT2D eigenvalue weighted by atomic mass is 9.92. The Morgan fingerprint density at radius 1 is 1.02 bits per heavy atom. The van der Waals surface area contributed by atoms with E-state index in [9.17, 15) is 24.0 Å². The molecule has 0 aliphatic carbocycles. The number of nitrogens with zero attached hydrogens (tertiary/aromatic N) is 3. The van der Waals surface area contributed by atoms with Crippen LogP contribution in [0.1, 0.15) is 70.7 Å². The van der Waals surface area contributed by atoms with E-state index in [2.05, 4.69) is 31.6 Å². The van der Waals surface area contributed by atoms with Crippen molar-refractivity contribution >= 4 is 85.7 Å². The van der Waals surface area contributed by atoms with Crippen LogP contribution in [0.25, 0.3) is 15.9 Å². The zero-order chi connectivity index (χ0) is 43.0. The first-order valence-corrected chi connectivity index (χ1v) is 24.0. The molecule has 2 aromatic heterocycles. The molecule has 6 rings (SSSR count). The number of urea groups is 1. The van der Waals surface area contributed by atoms with Gasteiger partial charge >= 0.3 is 6.03 Å². The van der Waals surface area contributed by atoms with E-state index in [1.807, 2.05) is 84.0 Å². The van der Waals surface area contributed by atoms with Gasteiger partial charge in [0.15, 0.2) is 10.3 Å². The average molecular weight is 895 g/mol. The molecule has 322 valence electrons. The van der Waals surface area contributed by atoms with E-state index in [0.29, 0.717) is 46.7 Å². The van der Waals surface area contributed by atoms with E-state index in [0.717, 1.165) is 50.7 Å². The summed E-state index contributed by atoms with van der Waals surface area (Å²) in [6.07, 6.45) is 2.47. The topological polar surface area (TPSA) is 185 Å².